The van der Waals surface area contributed by atoms with Crippen molar-refractivity contribution in [3.63, 3.8) is 0 Å². The van der Waals surface area contributed by atoms with Gasteiger partial charge in [0.2, 0.25) is 11.8 Å². The SMILES string of the molecule is O=C(NC1CC1)C1CCN(C(=O)Cc2ccccc2Br)CC1. The fraction of sp³-hybridized carbons (Fsp3) is 0.529. The Balaban J connectivity index is 1.49. The van der Waals surface area contributed by atoms with Crippen molar-refractivity contribution >= 4 is 27.7 Å². The number of nitrogens with one attached hydrogen (secondary N) is 1. The van der Waals surface area contributed by atoms with Gasteiger partial charge < -0.3 is 10.2 Å². The number of hydrogen-bond acceptors (Lipinski definition) is 2. The molecule has 1 heterocycles. The first-order valence-corrected chi connectivity index (χ1v) is 8.74. The van der Waals surface area contributed by atoms with Gasteiger partial charge in [-0.25, -0.2) is 0 Å². The molecule has 0 aromatic heterocycles. The number of likely N-dealkylation sites (tertiary alicyclic amines) is 1. The molecule has 5 heteroatoms. The molecule has 0 atom stereocenters. The minimum Gasteiger partial charge on any atom is -0.353 e. The molecule has 2 aliphatic rings. The summed E-state index contributed by atoms with van der Waals surface area (Å²) in [4.78, 5) is 26.3. The maximum Gasteiger partial charge on any atom is 0.227 e. The molecule has 1 N–H and O–H groups in total. The summed E-state index contributed by atoms with van der Waals surface area (Å²) in [5, 5.41) is 3.07. The quantitative estimate of drug-likeness (QED) is 0.892. The molecular weight excluding hydrogens is 344 g/mol. The zero-order chi connectivity index (χ0) is 15.5. The van der Waals surface area contributed by atoms with E-state index in [0.29, 0.717) is 25.6 Å². The Hall–Kier alpha value is -1.36. The van der Waals surface area contributed by atoms with Crippen molar-refractivity contribution in [1.29, 1.82) is 0 Å². The summed E-state index contributed by atoms with van der Waals surface area (Å²) < 4.78 is 0.974. The number of carbonyl (C=O) groups is 2. The van der Waals surface area contributed by atoms with Crippen LogP contribution in [0.3, 0.4) is 0 Å². The van der Waals surface area contributed by atoms with Gasteiger partial charge in [-0.2, -0.15) is 0 Å². The van der Waals surface area contributed by atoms with Crippen LogP contribution < -0.4 is 5.32 Å². The van der Waals surface area contributed by atoms with E-state index in [-0.39, 0.29) is 17.7 Å². The second-order valence-electron chi connectivity index (χ2n) is 6.21. The third-order valence-electron chi connectivity index (χ3n) is 4.44. The van der Waals surface area contributed by atoms with E-state index in [1.807, 2.05) is 29.2 Å². The molecule has 2 amide bonds. The van der Waals surface area contributed by atoms with Crippen molar-refractivity contribution in [2.75, 3.05) is 13.1 Å². The van der Waals surface area contributed by atoms with E-state index >= 15 is 0 Å². The first-order chi connectivity index (χ1) is 10.6. The summed E-state index contributed by atoms with van der Waals surface area (Å²) in [5.74, 6) is 0.404. The Morgan fingerprint density at radius 2 is 1.82 bits per heavy atom. The van der Waals surface area contributed by atoms with Crippen molar-refractivity contribution < 1.29 is 9.59 Å². The molecular formula is C17H21BrN2O2. The molecule has 2 fully saturated rings. The van der Waals surface area contributed by atoms with Gasteiger partial charge in [0.1, 0.15) is 0 Å². The maximum atomic E-state index is 12.4. The summed E-state index contributed by atoms with van der Waals surface area (Å²) >= 11 is 3.48. The Morgan fingerprint density at radius 3 is 2.45 bits per heavy atom. The monoisotopic (exact) mass is 364 g/mol. The van der Waals surface area contributed by atoms with E-state index in [1.165, 1.54) is 0 Å². The second kappa shape index (κ2) is 6.82. The summed E-state index contributed by atoms with van der Waals surface area (Å²) in [6, 6.07) is 8.24. The molecule has 22 heavy (non-hydrogen) atoms. The first kappa shape index (κ1) is 15.5. The molecule has 1 saturated heterocycles. The van der Waals surface area contributed by atoms with Gasteiger partial charge in [-0.15, -0.1) is 0 Å². The van der Waals surface area contributed by atoms with Crippen LogP contribution in [0.5, 0.6) is 0 Å². The lowest BCUT2D eigenvalue weighted by atomic mass is 9.95. The Kier molecular flexibility index (Phi) is 4.81. The van der Waals surface area contributed by atoms with Gasteiger partial charge in [-0.3, -0.25) is 9.59 Å². The van der Waals surface area contributed by atoms with Crippen LogP contribution in [0, 0.1) is 5.92 Å². The van der Waals surface area contributed by atoms with Crippen LogP contribution >= 0.6 is 15.9 Å². The Bertz CT molecular complexity index is 564. The van der Waals surface area contributed by atoms with E-state index in [4.69, 9.17) is 0 Å². The average molecular weight is 365 g/mol. The number of benzene rings is 1. The van der Waals surface area contributed by atoms with Crippen molar-refractivity contribution in [3.8, 4) is 0 Å². The molecule has 1 saturated carbocycles. The Labute approximate surface area is 139 Å². The number of nitrogens with zero attached hydrogens (tertiary/aromatic N) is 1. The standard InChI is InChI=1S/C17H21BrN2O2/c18-15-4-2-1-3-13(15)11-16(21)20-9-7-12(8-10-20)17(22)19-14-5-6-14/h1-4,12,14H,5-11H2,(H,19,22). The van der Waals surface area contributed by atoms with Gasteiger partial charge in [0, 0.05) is 29.5 Å². The molecule has 4 nitrogen and oxygen atoms in total. The van der Waals surface area contributed by atoms with Crippen LogP contribution in [0.25, 0.3) is 0 Å². The highest BCUT2D eigenvalue weighted by molar-refractivity contribution is 9.10. The van der Waals surface area contributed by atoms with E-state index in [0.717, 1.165) is 35.7 Å². The minimum atomic E-state index is 0.0770. The van der Waals surface area contributed by atoms with E-state index in [1.54, 1.807) is 0 Å². The van der Waals surface area contributed by atoms with Crippen LogP contribution in [-0.2, 0) is 16.0 Å². The lowest BCUT2D eigenvalue weighted by Crippen LogP contribution is -2.43. The maximum absolute atomic E-state index is 12.4. The predicted octanol–water partition coefficient (Wildman–Crippen LogP) is 2.51. The van der Waals surface area contributed by atoms with Gasteiger partial charge in [-0.05, 0) is 37.3 Å². The highest BCUT2D eigenvalue weighted by atomic mass is 79.9. The van der Waals surface area contributed by atoms with Gasteiger partial charge in [-0.1, -0.05) is 34.1 Å². The lowest BCUT2D eigenvalue weighted by molar-refractivity contribution is -0.135. The number of carbonyl (C=O) groups excluding carboxylic acids is 2. The number of amides is 2. The van der Waals surface area contributed by atoms with Crippen LogP contribution in [-0.4, -0.2) is 35.8 Å². The zero-order valence-corrected chi connectivity index (χ0v) is 14.1. The van der Waals surface area contributed by atoms with Crippen molar-refractivity contribution in [3.05, 3.63) is 34.3 Å². The van der Waals surface area contributed by atoms with Crippen LogP contribution in [0.1, 0.15) is 31.2 Å². The van der Waals surface area contributed by atoms with Gasteiger partial charge in [0.25, 0.3) is 0 Å². The normalized spacial score (nSPS) is 19.0. The third-order valence-corrected chi connectivity index (χ3v) is 5.22. The molecule has 0 spiro atoms. The second-order valence-corrected chi connectivity index (χ2v) is 7.06. The molecule has 3 rings (SSSR count). The smallest absolute Gasteiger partial charge is 0.227 e. The summed E-state index contributed by atoms with van der Waals surface area (Å²) in [6.45, 7) is 1.37. The van der Waals surface area contributed by atoms with Crippen LogP contribution in [0.15, 0.2) is 28.7 Å². The highest BCUT2D eigenvalue weighted by Crippen LogP contribution is 2.23. The van der Waals surface area contributed by atoms with Crippen LogP contribution in [0.2, 0.25) is 0 Å². The van der Waals surface area contributed by atoms with Crippen molar-refractivity contribution in [1.82, 2.24) is 10.2 Å². The summed E-state index contributed by atoms with van der Waals surface area (Å²) in [6.07, 6.45) is 4.21. The molecule has 0 radical (unpaired) electrons. The Morgan fingerprint density at radius 1 is 1.14 bits per heavy atom. The van der Waals surface area contributed by atoms with Crippen LogP contribution in [0.4, 0.5) is 0 Å². The van der Waals surface area contributed by atoms with E-state index in [9.17, 15) is 9.59 Å². The topological polar surface area (TPSA) is 49.4 Å². The molecule has 0 bridgehead atoms. The minimum absolute atomic E-state index is 0.0770. The van der Waals surface area contributed by atoms with Gasteiger partial charge in [0.15, 0.2) is 0 Å². The summed E-state index contributed by atoms with van der Waals surface area (Å²) in [7, 11) is 0. The molecule has 118 valence electrons. The molecule has 1 aliphatic carbocycles. The lowest BCUT2D eigenvalue weighted by Gasteiger charge is -2.31. The fourth-order valence-corrected chi connectivity index (χ4v) is 3.28. The molecule has 1 aromatic carbocycles. The number of hydrogen-bond donors (Lipinski definition) is 1. The molecule has 1 aromatic rings. The molecule has 0 unspecified atom stereocenters. The number of piperidine rings is 1. The van der Waals surface area contributed by atoms with E-state index < -0.39 is 0 Å². The number of rotatable bonds is 4. The highest BCUT2D eigenvalue weighted by Gasteiger charge is 2.31. The zero-order valence-electron chi connectivity index (χ0n) is 12.6. The molecule has 1 aliphatic heterocycles. The average Bonchev–Trinajstić information content (AvgIpc) is 3.33. The third kappa shape index (κ3) is 3.88. The largest absolute Gasteiger partial charge is 0.353 e. The van der Waals surface area contributed by atoms with Crippen molar-refractivity contribution in [2.45, 2.75) is 38.1 Å². The van der Waals surface area contributed by atoms with Crippen molar-refractivity contribution in [2.24, 2.45) is 5.92 Å². The predicted molar refractivity (Wildman–Crippen MR) is 88.3 cm³/mol. The van der Waals surface area contributed by atoms with E-state index in [2.05, 4.69) is 21.2 Å². The van der Waals surface area contributed by atoms with Gasteiger partial charge >= 0.3 is 0 Å². The fourth-order valence-electron chi connectivity index (χ4n) is 2.85. The number of halogens is 1. The van der Waals surface area contributed by atoms with Gasteiger partial charge in [0.05, 0.1) is 6.42 Å². The summed E-state index contributed by atoms with van der Waals surface area (Å²) in [5.41, 5.74) is 1.01. The first-order valence-electron chi connectivity index (χ1n) is 7.95.